The van der Waals surface area contributed by atoms with Crippen LogP contribution >= 0.6 is 35.2 Å². The van der Waals surface area contributed by atoms with Gasteiger partial charge in [0.2, 0.25) is 0 Å². The number of nitrogens with one attached hydrogen (secondary N) is 3. The highest BCUT2D eigenvalue weighted by Crippen LogP contribution is 2.24. The van der Waals surface area contributed by atoms with Crippen molar-refractivity contribution in [3.05, 3.63) is 27.9 Å². The lowest BCUT2D eigenvalue weighted by Crippen LogP contribution is -2.43. The van der Waals surface area contributed by atoms with E-state index in [0.717, 1.165) is 14.9 Å². The van der Waals surface area contributed by atoms with Gasteiger partial charge in [-0.3, -0.25) is 10.9 Å². The minimum Gasteiger partial charge on any atom is -0.383 e. The number of thiocarbonyl (C=S) groups is 1. The van der Waals surface area contributed by atoms with Gasteiger partial charge in [0.25, 0.3) is 0 Å². The van der Waals surface area contributed by atoms with E-state index < -0.39 is 0 Å². The first-order valence-electron chi connectivity index (χ1n) is 4.87. The monoisotopic (exact) mass is 291 g/mol. The fourth-order valence-corrected chi connectivity index (χ4v) is 2.10. The Morgan fingerprint density at radius 3 is 2.88 bits per heavy atom. The van der Waals surface area contributed by atoms with E-state index in [2.05, 4.69) is 22.7 Å². The van der Waals surface area contributed by atoms with Crippen molar-refractivity contribution in [2.24, 2.45) is 0 Å². The van der Waals surface area contributed by atoms with Crippen LogP contribution in [0.4, 0.5) is 0 Å². The molecule has 1 rings (SSSR count). The molecule has 0 radical (unpaired) electrons. The van der Waals surface area contributed by atoms with Crippen LogP contribution in [0.1, 0.15) is 4.88 Å². The Labute approximate surface area is 115 Å². The van der Waals surface area contributed by atoms with E-state index in [9.17, 15) is 0 Å². The normalized spacial score (nSPS) is 9.76. The lowest BCUT2D eigenvalue weighted by molar-refractivity contribution is 0.204. The van der Waals surface area contributed by atoms with Crippen LogP contribution in [0.25, 0.3) is 5.70 Å². The number of methoxy groups -OCH3 is 1. The summed E-state index contributed by atoms with van der Waals surface area (Å²) in [6.45, 7) is 5.13. The van der Waals surface area contributed by atoms with Gasteiger partial charge < -0.3 is 10.1 Å². The Hall–Kier alpha value is -0.820. The number of hydrogen-bond donors (Lipinski definition) is 3. The van der Waals surface area contributed by atoms with Crippen molar-refractivity contribution in [2.75, 3.05) is 20.3 Å². The Bertz CT molecular complexity index is 395. The minimum absolute atomic E-state index is 0.492. The molecular formula is C10H14ClN3OS2. The quantitative estimate of drug-likeness (QED) is 0.425. The summed E-state index contributed by atoms with van der Waals surface area (Å²) in [5.74, 6) is 0. The first kappa shape index (κ1) is 14.2. The number of thiophene rings is 1. The molecule has 0 saturated heterocycles. The topological polar surface area (TPSA) is 45.3 Å². The molecule has 7 heteroatoms. The van der Waals surface area contributed by atoms with E-state index >= 15 is 0 Å². The van der Waals surface area contributed by atoms with Gasteiger partial charge in [0.15, 0.2) is 5.11 Å². The zero-order chi connectivity index (χ0) is 12.7. The van der Waals surface area contributed by atoms with Gasteiger partial charge in [0.1, 0.15) is 0 Å². The summed E-state index contributed by atoms with van der Waals surface area (Å²) in [6.07, 6.45) is 0. The number of rotatable bonds is 6. The summed E-state index contributed by atoms with van der Waals surface area (Å²) in [6, 6.07) is 3.72. The van der Waals surface area contributed by atoms with Crippen molar-refractivity contribution in [3.8, 4) is 0 Å². The summed E-state index contributed by atoms with van der Waals surface area (Å²) in [5.41, 5.74) is 6.45. The maximum Gasteiger partial charge on any atom is 0.185 e. The third-order valence-corrected chi connectivity index (χ3v) is 3.33. The van der Waals surface area contributed by atoms with Crippen molar-refractivity contribution >= 4 is 46.0 Å². The molecule has 17 heavy (non-hydrogen) atoms. The van der Waals surface area contributed by atoms with Crippen LogP contribution in [0.2, 0.25) is 4.34 Å². The van der Waals surface area contributed by atoms with Crippen molar-refractivity contribution < 1.29 is 4.74 Å². The molecule has 1 heterocycles. The minimum atomic E-state index is 0.492. The van der Waals surface area contributed by atoms with Gasteiger partial charge in [-0.25, -0.2) is 0 Å². The molecule has 0 aromatic carbocycles. The number of halogens is 1. The molecule has 0 amide bonds. The third-order valence-electron chi connectivity index (χ3n) is 1.79. The number of hydrogen-bond acceptors (Lipinski definition) is 4. The molecule has 0 spiro atoms. The summed E-state index contributed by atoms with van der Waals surface area (Å²) < 4.78 is 5.61. The molecule has 1 aromatic rings. The van der Waals surface area contributed by atoms with Gasteiger partial charge in [0, 0.05) is 13.7 Å². The summed E-state index contributed by atoms with van der Waals surface area (Å²) >= 11 is 12.3. The highest BCUT2D eigenvalue weighted by atomic mass is 35.5. The Morgan fingerprint density at radius 2 is 2.29 bits per heavy atom. The van der Waals surface area contributed by atoms with Gasteiger partial charge >= 0.3 is 0 Å². The van der Waals surface area contributed by atoms with Gasteiger partial charge in [0.05, 0.1) is 21.5 Å². The van der Waals surface area contributed by atoms with Gasteiger partial charge in [-0.2, -0.15) is 0 Å². The zero-order valence-electron chi connectivity index (χ0n) is 9.38. The fourth-order valence-electron chi connectivity index (χ4n) is 0.981. The van der Waals surface area contributed by atoms with Crippen molar-refractivity contribution in [1.29, 1.82) is 0 Å². The molecular weight excluding hydrogens is 278 g/mol. The van der Waals surface area contributed by atoms with E-state index in [1.165, 1.54) is 11.3 Å². The molecule has 0 aliphatic heterocycles. The van der Waals surface area contributed by atoms with E-state index in [-0.39, 0.29) is 0 Å². The first-order chi connectivity index (χ1) is 8.13. The number of hydrazine groups is 1. The van der Waals surface area contributed by atoms with Gasteiger partial charge in [-0.15, -0.1) is 11.3 Å². The second kappa shape index (κ2) is 7.50. The second-order valence-corrected chi connectivity index (χ2v) is 5.20. The zero-order valence-corrected chi connectivity index (χ0v) is 11.8. The Balaban J connectivity index is 2.26. The standard InChI is InChI=1S/C10H14ClN3OS2/c1-7(8-3-4-9(11)17-8)13-14-10(16)12-5-6-15-2/h3-4,13H,1,5-6H2,2H3,(H2,12,14,16). The van der Waals surface area contributed by atoms with Crippen LogP contribution in [0.5, 0.6) is 0 Å². The van der Waals surface area contributed by atoms with E-state index in [4.69, 9.17) is 28.6 Å². The maximum atomic E-state index is 5.83. The van der Waals surface area contributed by atoms with Crippen LogP contribution < -0.4 is 16.2 Å². The van der Waals surface area contributed by atoms with Crippen LogP contribution in [-0.4, -0.2) is 25.4 Å². The molecule has 0 saturated carbocycles. The van der Waals surface area contributed by atoms with E-state index in [1.54, 1.807) is 7.11 Å². The maximum absolute atomic E-state index is 5.83. The lowest BCUT2D eigenvalue weighted by Gasteiger charge is -2.12. The summed E-state index contributed by atoms with van der Waals surface area (Å²) in [7, 11) is 1.64. The smallest absolute Gasteiger partial charge is 0.185 e. The molecule has 4 nitrogen and oxygen atoms in total. The predicted molar refractivity (Wildman–Crippen MR) is 77.1 cm³/mol. The summed E-state index contributed by atoms with van der Waals surface area (Å²) in [4.78, 5) is 0.960. The molecule has 94 valence electrons. The Morgan fingerprint density at radius 1 is 1.53 bits per heavy atom. The lowest BCUT2D eigenvalue weighted by atomic mass is 10.4. The highest BCUT2D eigenvalue weighted by Gasteiger charge is 2.02. The van der Waals surface area contributed by atoms with Gasteiger partial charge in [-0.1, -0.05) is 18.2 Å². The Kier molecular flexibility index (Phi) is 6.28. The summed E-state index contributed by atoms with van der Waals surface area (Å²) in [5, 5.41) is 3.46. The SMILES string of the molecule is C=C(NNC(=S)NCCOC)c1ccc(Cl)s1. The highest BCUT2D eigenvalue weighted by molar-refractivity contribution is 7.80. The van der Waals surface area contributed by atoms with Crippen LogP contribution in [0.15, 0.2) is 18.7 Å². The molecule has 0 atom stereocenters. The van der Waals surface area contributed by atoms with Crippen molar-refractivity contribution in [3.63, 3.8) is 0 Å². The average molecular weight is 292 g/mol. The molecule has 1 aromatic heterocycles. The van der Waals surface area contributed by atoms with Crippen LogP contribution in [0, 0.1) is 0 Å². The molecule has 0 aliphatic rings. The molecule has 0 bridgehead atoms. The van der Waals surface area contributed by atoms with Crippen molar-refractivity contribution in [1.82, 2.24) is 16.2 Å². The molecule has 0 fully saturated rings. The van der Waals surface area contributed by atoms with Crippen molar-refractivity contribution in [2.45, 2.75) is 0 Å². The van der Waals surface area contributed by atoms with Gasteiger partial charge in [-0.05, 0) is 24.4 Å². The largest absolute Gasteiger partial charge is 0.383 e. The predicted octanol–water partition coefficient (Wildman–Crippen LogP) is 1.99. The average Bonchev–Trinajstić information content (AvgIpc) is 2.73. The van der Waals surface area contributed by atoms with E-state index in [0.29, 0.717) is 18.3 Å². The van der Waals surface area contributed by atoms with E-state index in [1.807, 2.05) is 12.1 Å². The van der Waals surface area contributed by atoms with Crippen LogP contribution in [-0.2, 0) is 4.74 Å². The second-order valence-electron chi connectivity index (χ2n) is 3.08. The third kappa shape index (κ3) is 5.36. The fraction of sp³-hybridized carbons (Fsp3) is 0.300. The number of ether oxygens (including phenoxy) is 1. The molecule has 3 N–H and O–H groups in total. The molecule has 0 aliphatic carbocycles. The van der Waals surface area contributed by atoms with Crippen LogP contribution in [0.3, 0.4) is 0 Å². The molecule has 0 unspecified atom stereocenters. The first-order valence-corrected chi connectivity index (χ1v) is 6.47.